The zero-order valence-electron chi connectivity index (χ0n) is 14.9. The fourth-order valence-corrected chi connectivity index (χ4v) is 4.04. The molecule has 0 unspecified atom stereocenters. The lowest BCUT2D eigenvalue weighted by Gasteiger charge is -2.40. The summed E-state index contributed by atoms with van der Waals surface area (Å²) < 4.78 is 5.39. The topological polar surface area (TPSA) is 74.8 Å². The first kappa shape index (κ1) is 18.3. The van der Waals surface area contributed by atoms with Gasteiger partial charge in [-0.15, -0.1) is 11.3 Å². The summed E-state index contributed by atoms with van der Waals surface area (Å²) in [4.78, 5) is 32.5. The predicted octanol–water partition coefficient (Wildman–Crippen LogP) is 1.04. The van der Waals surface area contributed by atoms with Gasteiger partial charge in [-0.3, -0.25) is 19.4 Å². The Morgan fingerprint density at radius 3 is 2.80 bits per heavy atom. The van der Waals surface area contributed by atoms with Gasteiger partial charge in [0.25, 0.3) is 0 Å². The second kappa shape index (κ2) is 7.80. The van der Waals surface area contributed by atoms with Crippen molar-refractivity contribution in [3.8, 4) is 0 Å². The van der Waals surface area contributed by atoms with Crippen molar-refractivity contribution >= 4 is 28.3 Å². The maximum atomic E-state index is 12.3. The fraction of sp³-hybridized carbons (Fsp3) is 0.706. The third-order valence-corrected chi connectivity index (χ3v) is 5.68. The molecule has 1 N–H and O–H groups in total. The van der Waals surface area contributed by atoms with Gasteiger partial charge in [0, 0.05) is 43.5 Å². The van der Waals surface area contributed by atoms with Crippen molar-refractivity contribution in [1.82, 2.24) is 15.2 Å². The first-order valence-corrected chi connectivity index (χ1v) is 9.68. The van der Waals surface area contributed by atoms with E-state index < -0.39 is 0 Å². The van der Waals surface area contributed by atoms with Crippen LogP contribution in [0.2, 0.25) is 0 Å². The summed E-state index contributed by atoms with van der Waals surface area (Å²) in [5, 5.41) is 5.60. The van der Waals surface area contributed by atoms with Crippen LogP contribution in [0.4, 0.5) is 5.13 Å². The van der Waals surface area contributed by atoms with Crippen molar-refractivity contribution in [3.63, 3.8) is 0 Å². The second-order valence-corrected chi connectivity index (χ2v) is 7.97. The average Bonchev–Trinajstić information content (AvgIpc) is 3.22. The van der Waals surface area contributed by atoms with Crippen LogP contribution in [0.5, 0.6) is 0 Å². The SMILES string of the molecule is CC(C)(CNC(=O)Cc1csc(N2CCCC2=O)n1)N1CCOCC1. The van der Waals surface area contributed by atoms with Gasteiger partial charge in [0.15, 0.2) is 5.13 Å². The van der Waals surface area contributed by atoms with Crippen LogP contribution in [0.3, 0.4) is 0 Å². The van der Waals surface area contributed by atoms with Crippen LogP contribution in [0.1, 0.15) is 32.4 Å². The van der Waals surface area contributed by atoms with Crippen molar-refractivity contribution in [2.24, 2.45) is 0 Å². The minimum absolute atomic E-state index is 0.0362. The smallest absolute Gasteiger partial charge is 0.228 e. The van der Waals surface area contributed by atoms with E-state index in [2.05, 4.69) is 29.0 Å². The lowest BCUT2D eigenvalue weighted by Crippen LogP contribution is -2.55. The maximum absolute atomic E-state index is 12.3. The summed E-state index contributed by atoms with van der Waals surface area (Å²) in [6.07, 6.45) is 1.72. The number of nitrogens with zero attached hydrogens (tertiary/aromatic N) is 3. The second-order valence-electron chi connectivity index (χ2n) is 7.14. The van der Waals surface area contributed by atoms with Gasteiger partial charge < -0.3 is 10.1 Å². The van der Waals surface area contributed by atoms with Crippen molar-refractivity contribution in [1.29, 1.82) is 0 Å². The molecule has 0 atom stereocenters. The zero-order valence-corrected chi connectivity index (χ0v) is 15.7. The molecule has 7 nitrogen and oxygen atoms in total. The number of nitrogens with one attached hydrogen (secondary N) is 1. The molecule has 0 aliphatic carbocycles. The Morgan fingerprint density at radius 1 is 1.36 bits per heavy atom. The van der Waals surface area contributed by atoms with Gasteiger partial charge in [-0.1, -0.05) is 0 Å². The molecule has 3 heterocycles. The standard InChI is InChI=1S/C17H26N4O3S/c1-17(2,20-6-8-24-9-7-20)12-18-14(22)10-13-11-25-16(19-13)21-5-3-4-15(21)23/h11H,3-10,12H2,1-2H3,(H,18,22). The number of carbonyl (C=O) groups is 2. The van der Waals surface area contributed by atoms with Gasteiger partial charge in [0.1, 0.15) is 0 Å². The minimum atomic E-state index is -0.103. The number of rotatable bonds is 6. The molecule has 2 aliphatic heterocycles. The third-order valence-electron chi connectivity index (χ3n) is 4.77. The van der Waals surface area contributed by atoms with Crippen LogP contribution in [0, 0.1) is 0 Å². The average molecular weight is 366 g/mol. The molecule has 2 fully saturated rings. The normalized spacial score (nSPS) is 19.4. The van der Waals surface area contributed by atoms with Crippen molar-refractivity contribution in [2.75, 3.05) is 44.3 Å². The first-order chi connectivity index (χ1) is 12.0. The molecule has 0 aromatic carbocycles. The lowest BCUT2D eigenvalue weighted by atomic mass is 10.0. The summed E-state index contributed by atoms with van der Waals surface area (Å²) in [5.74, 6) is 0.0866. The van der Waals surface area contributed by atoms with Gasteiger partial charge in [-0.2, -0.15) is 0 Å². The van der Waals surface area contributed by atoms with E-state index in [0.717, 1.165) is 45.0 Å². The number of anilines is 1. The van der Waals surface area contributed by atoms with Crippen molar-refractivity contribution < 1.29 is 14.3 Å². The summed E-state index contributed by atoms with van der Waals surface area (Å²) in [6, 6.07) is 0. The number of morpholine rings is 1. The summed E-state index contributed by atoms with van der Waals surface area (Å²) in [6.45, 7) is 8.86. The molecule has 3 rings (SSSR count). The van der Waals surface area contributed by atoms with E-state index in [9.17, 15) is 9.59 Å². The van der Waals surface area contributed by atoms with Crippen LogP contribution in [0.25, 0.3) is 0 Å². The highest BCUT2D eigenvalue weighted by molar-refractivity contribution is 7.14. The van der Waals surface area contributed by atoms with Crippen molar-refractivity contribution in [3.05, 3.63) is 11.1 Å². The molecule has 2 amide bonds. The molecule has 138 valence electrons. The van der Waals surface area contributed by atoms with E-state index >= 15 is 0 Å². The molecule has 0 saturated carbocycles. The van der Waals surface area contributed by atoms with Crippen molar-refractivity contribution in [2.45, 2.75) is 38.6 Å². The van der Waals surface area contributed by atoms with Crippen LogP contribution in [-0.4, -0.2) is 66.6 Å². The number of carbonyl (C=O) groups excluding carboxylic acids is 2. The molecule has 1 aromatic heterocycles. The Labute approximate surface area is 152 Å². The molecule has 25 heavy (non-hydrogen) atoms. The maximum Gasteiger partial charge on any atom is 0.228 e. The van der Waals surface area contributed by atoms with E-state index in [1.165, 1.54) is 11.3 Å². The third kappa shape index (κ3) is 4.56. The number of aromatic nitrogens is 1. The Bertz CT molecular complexity index is 625. The zero-order chi connectivity index (χ0) is 17.9. The molecule has 2 aliphatic rings. The highest BCUT2D eigenvalue weighted by Gasteiger charge is 2.29. The van der Waals surface area contributed by atoms with Gasteiger partial charge in [0.2, 0.25) is 11.8 Å². The van der Waals surface area contributed by atoms with Crippen LogP contribution in [-0.2, 0) is 20.7 Å². The largest absolute Gasteiger partial charge is 0.379 e. The Morgan fingerprint density at radius 2 is 2.12 bits per heavy atom. The van der Waals surface area contributed by atoms with E-state index in [-0.39, 0.29) is 23.8 Å². The summed E-state index contributed by atoms with van der Waals surface area (Å²) >= 11 is 1.43. The van der Waals surface area contributed by atoms with Crippen LogP contribution >= 0.6 is 11.3 Å². The number of amides is 2. The quantitative estimate of drug-likeness (QED) is 0.814. The fourth-order valence-electron chi connectivity index (χ4n) is 3.17. The van der Waals surface area contributed by atoms with E-state index in [4.69, 9.17) is 4.74 Å². The lowest BCUT2D eigenvalue weighted by molar-refractivity contribution is -0.121. The van der Waals surface area contributed by atoms with E-state index in [0.29, 0.717) is 18.1 Å². The predicted molar refractivity (Wildman–Crippen MR) is 96.9 cm³/mol. The number of hydrogen-bond acceptors (Lipinski definition) is 6. The number of hydrogen-bond donors (Lipinski definition) is 1. The number of thiazole rings is 1. The van der Waals surface area contributed by atoms with Gasteiger partial charge >= 0.3 is 0 Å². The molecular formula is C17H26N4O3S. The molecule has 1 aromatic rings. The van der Waals surface area contributed by atoms with Crippen LogP contribution < -0.4 is 10.2 Å². The first-order valence-electron chi connectivity index (χ1n) is 8.80. The Kier molecular flexibility index (Phi) is 5.71. The highest BCUT2D eigenvalue weighted by Crippen LogP contribution is 2.25. The monoisotopic (exact) mass is 366 g/mol. The molecule has 0 radical (unpaired) electrons. The summed E-state index contributed by atoms with van der Waals surface area (Å²) in [5.41, 5.74) is 0.621. The number of ether oxygens (including phenoxy) is 1. The summed E-state index contributed by atoms with van der Waals surface area (Å²) in [7, 11) is 0. The van der Waals surface area contributed by atoms with E-state index in [1.807, 2.05) is 5.38 Å². The van der Waals surface area contributed by atoms with Crippen LogP contribution in [0.15, 0.2) is 5.38 Å². The molecule has 0 bridgehead atoms. The Hall–Kier alpha value is -1.51. The molecule has 0 spiro atoms. The molecule has 8 heteroatoms. The minimum Gasteiger partial charge on any atom is -0.379 e. The Balaban J connectivity index is 1.49. The van der Waals surface area contributed by atoms with Gasteiger partial charge in [0.05, 0.1) is 25.3 Å². The molecular weight excluding hydrogens is 340 g/mol. The highest BCUT2D eigenvalue weighted by atomic mass is 32.1. The molecule has 2 saturated heterocycles. The van der Waals surface area contributed by atoms with Gasteiger partial charge in [-0.05, 0) is 20.3 Å². The van der Waals surface area contributed by atoms with E-state index in [1.54, 1.807) is 4.90 Å². The van der Waals surface area contributed by atoms with Gasteiger partial charge in [-0.25, -0.2) is 4.98 Å².